The highest BCUT2D eigenvalue weighted by atomic mass is 79.9. The van der Waals surface area contributed by atoms with Crippen LogP contribution in [0, 0.1) is 12.3 Å². The number of rotatable bonds is 2. The van der Waals surface area contributed by atoms with Gasteiger partial charge in [-0.15, -0.1) is 6.42 Å². The summed E-state index contributed by atoms with van der Waals surface area (Å²) in [4.78, 5) is 16.8. The molecule has 1 aromatic carbocycles. The van der Waals surface area contributed by atoms with Crippen molar-refractivity contribution < 1.29 is 4.79 Å². The monoisotopic (exact) mass is 291 g/mol. The van der Waals surface area contributed by atoms with Gasteiger partial charge in [-0.25, -0.2) is 4.79 Å². The molecule has 2 N–H and O–H groups in total. The number of hydrogen-bond acceptors (Lipinski definition) is 2. The second-order valence-corrected chi connectivity index (χ2v) is 4.52. The van der Waals surface area contributed by atoms with Crippen molar-refractivity contribution in [2.75, 3.05) is 6.54 Å². The molecule has 17 heavy (non-hydrogen) atoms. The lowest BCUT2D eigenvalue weighted by atomic mass is 10.1. The maximum absolute atomic E-state index is 11.6. The highest BCUT2D eigenvalue weighted by Crippen LogP contribution is 2.27. The van der Waals surface area contributed by atoms with E-state index in [1.165, 1.54) is 4.90 Å². The Kier molecular flexibility index (Phi) is 3.16. The van der Waals surface area contributed by atoms with Crippen molar-refractivity contribution in [1.82, 2.24) is 4.90 Å². The van der Waals surface area contributed by atoms with Crippen molar-refractivity contribution in [2.24, 2.45) is 10.7 Å². The third kappa shape index (κ3) is 2.17. The van der Waals surface area contributed by atoms with Crippen molar-refractivity contribution in [1.29, 1.82) is 0 Å². The lowest BCUT2D eigenvalue weighted by Gasteiger charge is -2.22. The second kappa shape index (κ2) is 4.60. The van der Waals surface area contributed by atoms with Gasteiger partial charge in [0, 0.05) is 4.47 Å². The Hall–Kier alpha value is -1.80. The van der Waals surface area contributed by atoms with Crippen LogP contribution < -0.4 is 5.73 Å². The molecular weight excluding hydrogens is 282 g/mol. The fourth-order valence-corrected chi connectivity index (χ4v) is 2.02. The topological polar surface area (TPSA) is 58.7 Å². The van der Waals surface area contributed by atoms with Crippen LogP contribution in [0.2, 0.25) is 0 Å². The van der Waals surface area contributed by atoms with E-state index in [9.17, 15) is 4.79 Å². The van der Waals surface area contributed by atoms with Crippen LogP contribution in [0.1, 0.15) is 11.6 Å². The fraction of sp³-hybridized carbons (Fsp3) is 0.167. The van der Waals surface area contributed by atoms with E-state index in [-0.39, 0.29) is 24.5 Å². The zero-order valence-corrected chi connectivity index (χ0v) is 10.5. The quantitative estimate of drug-likeness (QED) is 0.847. The number of hydrogen-bond donors (Lipinski definition) is 1. The normalized spacial score (nSPS) is 19.1. The van der Waals surface area contributed by atoms with Gasteiger partial charge >= 0.3 is 6.03 Å². The molecule has 1 heterocycles. The molecule has 5 heteroatoms. The number of carbonyl (C=O) groups is 1. The first-order valence-electron chi connectivity index (χ1n) is 4.97. The van der Waals surface area contributed by atoms with E-state index >= 15 is 0 Å². The summed E-state index contributed by atoms with van der Waals surface area (Å²) in [6.07, 6.45) is 5.24. The average Bonchev–Trinajstić information content (AvgIpc) is 2.56. The summed E-state index contributed by atoms with van der Waals surface area (Å²) in [7, 11) is 0. The molecule has 0 saturated carbocycles. The number of terminal acetylenes is 1. The summed E-state index contributed by atoms with van der Waals surface area (Å²) in [6, 6.07) is 6.82. The maximum Gasteiger partial charge on any atom is 0.346 e. The summed E-state index contributed by atoms with van der Waals surface area (Å²) in [5, 5.41) is 0. The molecule has 0 aliphatic carbocycles. The highest BCUT2D eigenvalue weighted by molar-refractivity contribution is 9.10. The first-order valence-corrected chi connectivity index (χ1v) is 5.76. The lowest BCUT2D eigenvalue weighted by molar-refractivity contribution is 0.213. The first kappa shape index (κ1) is 11.7. The Bertz CT molecular complexity index is 516. The molecule has 0 aromatic heterocycles. The van der Waals surface area contributed by atoms with Gasteiger partial charge < -0.3 is 5.73 Å². The number of urea groups is 1. The van der Waals surface area contributed by atoms with Crippen LogP contribution in [0.4, 0.5) is 4.79 Å². The Morgan fingerprint density at radius 1 is 1.47 bits per heavy atom. The molecule has 1 aromatic rings. The number of amides is 2. The van der Waals surface area contributed by atoms with Crippen molar-refractivity contribution in [3.8, 4) is 12.3 Å². The Morgan fingerprint density at radius 2 is 2.12 bits per heavy atom. The minimum atomic E-state index is -0.381. The van der Waals surface area contributed by atoms with E-state index in [4.69, 9.17) is 12.2 Å². The van der Waals surface area contributed by atoms with E-state index in [2.05, 4.69) is 26.8 Å². The molecule has 1 unspecified atom stereocenters. The van der Waals surface area contributed by atoms with Crippen LogP contribution in [0.3, 0.4) is 0 Å². The molecule has 2 amide bonds. The van der Waals surface area contributed by atoms with Gasteiger partial charge in [0.05, 0.1) is 6.54 Å². The van der Waals surface area contributed by atoms with Crippen molar-refractivity contribution in [3.05, 3.63) is 34.3 Å². The number of carbonyl (C=O) groups excluding carboxylic acids is 1. The predicted octanol–water partition coefficient (Wildman–Crippen LogP) is 1.92. The van der Waals surface area contributed by atoms with Gasteiger partial charge in [-0.2, -0.15) is 4.99 Å². The van der Waals surface area contributed by atoms with Gasteiger partial charge in [0.25, 0.3) is 0 Å². The summed E-state index contributed by atoms with van der Waals surface area (Å²) < 4.78 is 0.963. The Labute approximate surface area is 108 Å². The number of nitrogens with zero attached hydrogens (tertiary/aromatic N) is 2. The third-order valence-corrected chi connectivity index (χ3v) is 3.04. The zero-order valence-electron chi connectivity index (χ0n) is 8.93. The predicted molar refractivity (Wildman–Crippen MR) is 69.4 cm³/mol. The van der Waals surface area contributed by atoms with Crippen LogP contribution >= 0.6 is 15.9 Å². The van der Waals surface area contributed by atoms with E-state index in [0.29, 0.717) is 0 Å². The zero-order chi connectivity index (χ0) is 12.4. The molecule has 4 nitrogen and oxygen atoms in total. The smallest absolute Gasteiger partial charge is 0.346 e. The number of amidine groups is 1. The van der Waals surface area contributed by atoms with Crippen molar-refractivity contribution in [3.63, 3.8) is 0 Å². The van der Waals surface area contributed by atoms with Crippen LogP contribution in [0.15, 0.2) is 33.7 Å². The van der Waals surface area contributed by atoms with Crippen LogP contribution in [0.5, 0.6) is 0 Å². The molecule has 0 bridgehead atoms. The molecule has 1 aliphatic heterocycles. The standard InChI is InChI=1S/C12H10BrN3O/c1-2-7-16-10(11(14)15-12(16)17)8-3-5-9(13)6-4-8/h1,3-6,10H,7H2,(H2,14,15,17). The van der Waals surface area contributed by atoms with E-state index in [0.717, 1.165) is 10.0 Å². The maximum atomic E-state index is 11.6. The van der Waals surface area contributed by atoms with Gasteiger partial charge in [-0.05, 0) is 17.7 Å². The Morgan fingerprint density at radius 3 is 2.71 bits per heavy atom. The average molecular weight is 292 g/mol. The number of nitrogens with two attached hydrogens (primary N) is 1. The number of halogens is 1. The van der Waals surface area contributed by atoms with Gasteiger partial charge in [0.2, 0.25) is 0 Å². The van der Waals surface area contributed by atoms with Gasteiger partial charge in [0.1, 0.15) is 11.9 Å². The van der Waals surface area contributed by atoms with E-state index < -0.39 is 0 Å². The molecular formula is C12H10BrN3O. The molecule has 2 rings (SSSR count). The summed E-state index contributed by atoms with van der Waals surface area (Å²) in [5.74, 6) is 2.72. The fourth-order valence-electron chi connectivity index (χ4n) is 1.76. The highest BCUT2D eigenvalue weighted by Gasteiger charge is 2.33. The lowest BCUT2D eigenvalue weighted by Crippen LogP contribution is -2.33. The van der Waals surface area contributed by atoms with Crippen molar-refractivity contribution in [2.45, 2.75) is 6.04 Å². The van der Waals surface area contributed by atoms with Gasteiger partial charge in [-0.1, -0.05) is 34.0 Å². The first-order chi connectivity index (χ1) is 8.13. The molecule has 0 spiro atoms. The number of aliphatic imine (C=N–C) groups is 1. The van der Waals surface area contributed by atoms with Crippen LogP contribution in [-0.2, 0) is 0 Å². The second-order valence-electron chi connectivity index (χ2n) is 3.61. The summed E-state index contributed by atoms with van der Waals surface area (Å²) in [6.45, 7) is 0.198. The van der Waals surface area contributed by atoms with Crippen LogP contribution in [-0.4, -0.2) is 23.3 Å². The molecule has 86 valence electrons. The van der Waals surface area contributed by atoms with Crippen molar-refractivity contribution >= 4 is 27.8 Å². The third-order valence-electron chi connectivity index (χ3n) is 2.51. The van der Waals surface area contributed by atoms with E-state index in [1.807, 2.05) is 24.3 Å². The summed E-state index contributed by atoms with van der Waals surface area (Å²) in [5.41, 5.74) is 6.67. The molecule has 1 aliphatic rings. The molecule has 0 radical (unpaired) electrons. The molecule has 0 fully saturated rings. The number of benzene rings is 1. The molecule has 1 atom stereocenters. The SMILES string of the molecule is C#CCN1C(=O)N=C(N)C1c1ccc(Br)cc1. The van der Waals surface area contributed by atoms with E-state index in [1.54, 1.807) is 0 Å². The minimum Gasteiger partial charge on any atom is -0.385 e. The van der Waals surface area contributed by atoms with Gasteiger partial charge in [-0.3, -0.25) is 4.90 Å². The molecule has 0 saturated heterocycles. The van der Waals surface area contributed by atoms with Crippen LogP contribution in [0.25, 0.3) is 0 Å². The minimum absolute atomic E-state index is 0.198. The van der Waals surface area contributed by atoms with Gasteiger partial charge in [0.15, 0.2) is 0 Å². The Balaban J connectivity index is 2.36. The largest absolute Gasteiger partial charge is 0.385 e. The summed E-state index contributed by atoms with van der Waals surface area (Å²) >= 11 is 3.35.